The van der Waals surface area contributed by atoms with Crippen molar-refractivity contribution in [2.45, 2.75) is 50.2 Å². The summed E-state index contributed by atoms with van der Waals surface area (Å²) in [5, 5.41) is 9.21. The lowest BCUT2D eigenvalue weighted by Gasteiger charge is -2.40. The summed E-state index contributed by atoms with van der Waals surface area (Å²) < 4.78 is 10.4. The third-order valence-electron chi connectivity index (χ3n) is 4.90. The number of anilines is 1. The number of methoxy groups -OCH3 is 2. The molecule has 0 bridgehead atoms. The molecule has 7 nitrogen and oxygen atoms in total. The van der Waals surface area contributed by atoms with Gasteiger partial charge in [-0.3, -0.25) is 9.59 Å². The number of hydrogen-bond acceptors (Lipinski definition) is 5. The number of ether oxygens (including phenoxy) is 2. The molecule has 3 N–H and O–H groups in total. The molecule has 2 amide bonds. The van der Waals surface area contributed by atoms with Crippen molar-refractivity contribution in [1.82, 2.24) is 10.6 Å². The Morgan fingerprint density at radius 2 is 1.96 bits per heavy atom. The normalized spacial score (nSPS) is 25.5. The van der Waals surface area contributed by atoms with Gasteiger partial charge in [0.25, 0.3) is 0 Å². The number of fused-ring (bicyclic) bond motifs is 1. The number of piperazine rings is 1. The molecule has 0 aromatic heterocycles. The molecule has 1 aromatic carbocycles. The zero-order chi connectivity index (χ0) is 17.8. The van der Waals surface area contributed by atoms with Crippen molar-refractivity contribution in [3.05, 3.63) is 18.2 Å². The molecule has 2 aliphatic rings. The van der Waals surface area contributed by atoms with Crippen molar-refractivity contribution in [1.29, 1.82) is 0 Å². The quantitative estimate of drug-likeness (QED) is 0.750. The summed E-state index contributed by atoms with van der Waals surface area (Å²) in [6.45, 7) is 0. The van der Waals surface area contributed by atoms with E-state index in [4.69, 9.17) is 9.47 Å². The molecule has 0 radical (unpaired) electrons. The van der Waals surface area contributed by atoms with Crippen LogP contribution in [-0.4, -0.2) is 44.2 Å². The molecule has 3 atom stereocenters. The van der Waals surface area contributed by atoms with E-state index in [0.717, 1.165) is 25.7 Å². The Balaban J connectivity index is 1.61. The minimum absolute atomic E-state index is 0.0875. The van der Waals surface area contributed by atoms with E-state index in [1.807, 2.05) is 0 Å². The monoisotopic (exact) mass is 347 g/mol. The largest absolute Gasteiger partial charge is 0.497 e. The second kappa shape index (κ2) is 7.74. The molecular formula is C18H25N3O4. The van der Waals surface area contributed by atoms with E-state index in [2.05, 4.69) is 16.0 Å². The van der Waals surface area contributed by atoms with E-state index in [-0.39, 0.29) is 30.3 Å². The van der Waals surface area contributed by atoms with Crippen LogP contribution in [0.3, 0.4) is 0 Å². The van der Waals surface area contributed by atoms with Crippen LogP contribution in [0.5, 0.6) is 11.5 Å². The average molecular weight is 347 g/mol. The van der Waals surface area contributed by atoms with Gasteiger partial charge in [-0.15, -0.1) is 0 Å². The minimum atomic E-state index is -0.497. The van der Waals surface area contributed by atoms with Gasteiger partial charge < -0.3 is 25.4 Å². The molecule has 2 fully saturated rings. The molecule has 7 heteroatoms. The van der Waals surface area contributed by atoms with Gasteiger partial charge in [0.15, 0.2) is 0 Å². The number of benzene rings is 1. The van der Waals surface area contributed by atoms with Crippen LogP contribution in [0.1, 0.15) is 32.1 Å². The van der Waals surface area contributed by atoms with Gasteiger partial charge in [0.05, 0.1) is 32.4 Å². The first-order valence-electron chi connectivity index (χ1n) is 8.69. The van der Waals surface area contributed by atoms with Crippen LogP contribution in [0.2, 0.25) is 0 Å². The molecule has 1 aromatic rings. The summed E-state index contributed by atoms with van der Waals surface area (Å²) in [5.41, 5.74) is 0.556. The first-order valence-corrected chi connectivity index (χ1v) is 8.69. The lowest BCUT2D eigenvalue weighted by atomic mass is 9.87. The number of hydrogen-bond donors (Lipinski definition) is 3. The standard InChI is InChI=1S/C18H25N3O4/c1-24-11-7-8-14(16(9-11)25-2)20-17(22)10-15-18(23)21-13-6-4-3-5-12(13)19-15/h7-9,12-13,15,19H,3-6,10H2,1-2H3,(H,20,22)(H,21,23)/t12-,13-,15+/m1/s1. The Labute approximate surface area is 147 Å². The number of carbonyl (C=O) groups is 2. The van der Waals surface area contributed by atoms with Gasteiger partial charge in [0.2, 0.25) is 11.8 Å². The van der Waals surface area contributed by atoms with Crippen molar-refractivity contribution in [2.24, 2.45) is 0 Å². The van der Waals surface area contributed by atoms with Gasteiger partial charge >= 0.3 is 0 Å². The minimum Gasteiger partial charge on any atom is -0.497 e. The predicted molar refractivity (Wildman–Crippen MR) is 93.9 cm³/mol. The zero-order valence-electron chi connectivity index (χ0n) is 14.6. The molecule has 1 saturated carbocycles. The molecule has 3 rings (SSSR count). The second-order valence-electron chi connectivity index (χ2n) is 6.54. The van der Waals surface area contributed by atoms with Crippen molar-refractivity contribution < 1.29 is 19.1 Å². The maximum Gasteiger partial charge on any atom is 0.237 e. The van der Waals surface area contributed by atoms with Gasteiger partial charge in [-0.25, -0.2) is 0 Å². The lowest BCUT2D eigenvalue weighted by Crippen LogP contribution is -2.65. The Morgan fingerprint density at radius 3 is 2.68 bits per heavy atom. The summed E-state index contributed by atoms with van der Waals surface area (Å²) in [6.07, 6.45) is 4.43. The topological polar surface area (TPSA) is 88.7 Å². The van der Waals surface area contributed by atoms with Crippen LogP contribution in [-0.2, 0) is 9.59 Å². The van der Waals surface area contributed by atoms with E-state index >= 15 is 0 Å². The summed E-state index contributed by atoms with van der Waals surface area (Å²) in [5.74, 6) is 0.831. The van der Waals surface area contributed by atoms with Crippen LogP contribution in [0, 0.1) is 0 Å². The number of amides is 2. The smallest absolute Gasteiger partial charge is 0.237 e. The summed E-state index contributed by atoms with van der Waals surface area (Å²) in [4.78, 5) is 24.6. The van der Waals surface area contributed by atoms with E-state index in [1.54, 1.807) is 25.3 Å². The van der Waals surface area contributed by atoms with E-state index in [1.165, 1.54) is 7.11 Å². The maximum atomic E-state index is 12.4. The molecule has 0 unspecified atom stereocenters. The van der Waals surface area contributed by atoms with Crippen molar-refractivity contribution in [2.75, 3.05) is 19.5 Å². The number of nitrogens with one attached hydrogen (secondary N) is 3. The molecule has 25 heavy (non-hydrogen) atoms. The Kier molecular flexibility index (Phi) is 5.43. The van der Waals surface area contributed by atoms with Gasteiger partial charge in [0.1, 0.15) is 11.5 Å². The highest BCUT2D eigenvalue weighted by molar-refractivity contribution is 5.96. The first kappa shape index (κ1) is 17.5. The fraction of sp³-hybridized carbons (Fsp3) is 0.556. The lowest BCUT2D eigenvalue weighted by molar-refractivity contribution is -0.129. The highest BCUT2D eigenvalue weighted by Gasteiger charge is 2.37. The third-order valence-corrected chi connectivity index (χ3v) is 4.90. The van der Waals surface area contributed by atoms with Crippen LogP contribution in [0.4, 0.5) is 5.69 Å². The second-order valence-corrected chi connectivity index (χ2v) is 6.54. The summed E-state index contributed by atoms with van der Waals surface area (Å²) in [7, 11) is 3.10. The molecule has 1 saturated heterocycles. The average Bonchev–Trinajstić information content (AvgIpc) is 2.62. The van der Waals surface area contributed by atoms with Crippen molar-refractivity contribution >= 4 is 17.5 Å². The first-order chi connectivity index (χ1) is 12.1. The van der Waals surface area contributed by atoms with Gasteiger partial charge in [-0.05, 0) is 25.0 Å². The van der Waals surface area contributed by atoms with Crippen LogP contribution >= 0.6 is 0 Å². The molecule has 1 aliphatic heterocycles. The molecular weight excluding hydrogens is 322 g/mol. The number of carbonyl (C=O) groups excluding carboxylic acids is 2. The zero-order valence-corrected chi connectivity index (χ0v) is 14.6. The summed E-state index contributed by atoms with van der Waals surface area (Å²) >= 11 is 0. The van der Waals surface area contributed by atoms with E-state index < -0.39 is 6.04 Å². The SMILES string of the molecule is COc1ccc(NC(=O)C[C@@H]2N[C@@H]3CCCC[C@H]3NC2=O)c(OC)c1. The molecule has 1 aliphatic carbocycles. The Bertz CT molecular complexity index is 649. The fourth-order valence-electron chi connectivity index (χ4n) is 3.56. The number of rotatable bonds is 5. The predicted octanol–water partition coefficient (Wildman–Crippen LogP) is 1.43. The maximum absolute atomic E-state index is 12.4. The van der Waals surface area contributed by atoms with Crippen molar-refractivity contribution in [3.8, 4) is 11.5 Å². The highest BCUT2D eigenvalue weighted by Crippen LogP contribution is 2.29. The molecule has 0 spiro atoms. The fourth-order valence-corrected chi connectivity index (χ4v) is 3.56. The molecule has 1 heterocycles. The van der Waals surface area contributed by atoms with Crippen LogP contribution < -0.4 is 25.4 Å². The van der Waals surface area contributed by atoms with E-state index in [9.17, 15) is 9.59 Å². The van der Waals surface area contributed by atoms with E-state index in [0.29, 0.717) is 17.2 Å². The summed E-state index contributed by atoms with van der Waals surface area (Å²) in [6, 6.07) is 5.14. The third kappa shape index (κ3) is 4.04. The van der Waals surface area contributed by atoms with Gasteiger partial charge in [-0.2, -0.15) is 0 Å². The van der Waals surface area contributed by atoms with Crippen LogP contribution in [0.25, 0.3) is 0 Å². The Hall–Kier alpha value is -2.28. The Morgan fingerprint density at radius 1 is 1.20 bits per heavy atom. The highest BCUT2D eigenvalue weighted by atomic mass is 16.5. The van der Waals surface area contributed by atoms with Crippen molar-refractivity contribution in [3.63, 3.8) is 0 Å². The van der Waals surface area contributed by atoms with Gasteiger partial charge in [0, 0.05) is 18.2 Å². The molecule has 136 valence electrons. The van der Waals surface area contributed by atoms with Gasteiger partial charge in [-0.1, -0.05) is 12.8 Å². The van der Waals surface area contributed by atoms with Crippen LogP contribution in [0.15, 0.2) is 18.2 Å².